The minimum absolute atomic E-state index is 0.00199. The van der Waals surface area contributed by atoms with Crippen LogP contribution in [0.15, 0.2) is 67.1 Å². The maximum atomic E-state index is 12.8. The topological polar surface area (TPSA) is 46.1 Å². The number of halogens is 1. The summed E-state index contributed by atoms with van der Waals surface area (Å²) in [6, 6.07) is 15.5. The first-order chi connectivity index (χ1) is 12.7. The van der Waals surface area contributed by atoms with Gasteiger partial charge in [-0.05, 0) is 60.4 Å². The van der Waals surface area contributed by atoms with Gasteiger partial charge < -0.3 is 0 Å². The Hall–Kier alpha value is -2.72. The van der Waals surface area contributed by atoms with Gasteiger partial charge in [-0.15, -0.1) is 0 Å². The van der Waals surface area contributed by atoms with Gasteiger partial charge in [0, 0.05) is 41.6 Å². The highest BCUT2D eigenvalue weighted by atomic mass is 35.5. The number of carbonyl (C=O) groups is 1. The second kappa shape index (κ2) is 7.26. The van der Waals surface area contributed by atoms with E-state index in [9.17, 15) is 4.79 Å². The van der Waals surface area contributed by atoms with Crippen molar-refractivity contribution < 1.29 is 4.79 Å². The van der Waals surface area contributed by atoms with Crippen LogP contribution in [0, 0.1) is 5.92 Å². The van der Waals surface area contributed by atoms with Crippen molar-refractivity contribution in [3.63, 3.8) is 0 Å². The fourth-order valence-corrected chi connectivity index (χ4v) is 3.45. The number of rotatable bonds is 4. The molecule has 0 aliphatic carbocycles. The van der Waals surface area contributed by atoms with E-state index in [0.717, 1.165) is 29.5 Å². The van der Waals surface area contributed by atoms with Crippen LogP contribution in [0.3, 0.4) is 0 Å². The first-order valence-electron chi connectivity index (χ1n) is 8.63. The minimum atomic E-state index is -0.00199. The van der Waals surface area contributed by atoms with Crippen molar-refractivity contribution in [3.8, 4) is 11.1 Å². The normalized spacial score (nSPS) is 16.9. The molecule has 1 amide bonds. The molecule has 0 spiro atoms. The molecule has 3 aromatic rings. The molecule has 5 heteroatoms. The lowest BCUT2D eigenvalue weighted by Gasteiger charge is -2.16. The molecule has 26 heavy (non-hydrogen) atoms. The fourth-order valence-electron chi connectivity index (χ4n) is 3.32. The van der Waals surface area contributed by atoms with Gasteiger partial charge in [0.1, 0.15) is 5.82 Å². The fraction of sp³-hybridized carbons (Fsp3) is 0.190. The lowest BCUT2D eigenvalue weighted by Crippen LogP contribution is -2.28. The minimum Gasteiger partial charge on any atom is -0.297 e. The largest absolute Gasteiger partial charge is 0.297 e. The molecule has 2 aromatic heterocycles. The zero-order valence-electron chi connectivity index (χ0n) is 14.2. The highest BCUT2D eigenvalue weighted by molar-refractivity contribution is 6.30. The Morgan fingerprint density at radius 2 is 1.77 bits per heavy atom. The highest BCUT2D eigenvalue weighted by Crippen LogP contribution is 2.28. The number of aromatic nitrogens is 2. The van der Waals surface area contributed by atoms with Crippen molar-refractivity contribution >= 4 is 23.3 Å². The number of hydrogen-bond donors (Lipinski definition) is 0. The van der Waals surface area contributed by atoms with Gasteiger partial charge in [-0.2, -0.15) is 0 Å². The van der Waals surface area contributed by atoms with Crippen LogP contribution in [0.1, 0.15) is 12.0 Å². The van der Waals surface area contributed by atoms with E-state index in [0.29, 0.717) is 17.4 Å². The van der Waals surface area contributed by atoms with Gasteiger partial charge in [-0.25, -0.2) is 4.98 Å². The van der Waals surface area contributed by atoms with Crippen LogP contribution < -0.4 is 4.90 Å². The Morgan fingerprint density at radius 3 is 2.46 bits per heavy atom. The van der Waals surface area contributed by atoms with Crippen LogP contribution in [0.2, 0.25) is 5.02 Å². The quantitative estimate of drug-likeness (QED) is 0.690. The Labute approximate surface area is 157 Å². The molecule has 1 unspecified atom stereocenters. The van der Waals surface area contributed by atoms with E-state index in [-0.39, 0.29) is 11.8 Å². The molecule has 0 radical (unpaired) electrons. The van der Waals surface area contributed by atoms with Gasteiger partial charge >= 0.3 is 0 Å². The first-order valence-corrected chi connectivity index (χ1v) is 9.01. The molecular weight excluding hydrogens is 346 g/mol. The average molecular weight is 364 g/mol. The second-order valence-electron chi connectivity index (χ2n) is 6.45. The number of anilines is 1. The van der Waals surface area contributed by atoms with Gasteiger partial charge in [-0.1, -0.05) is 23.7 Å². The summed E-state index contributed by atoms with van der Waals surface area (Å²) < 4.78 is 0. The van der Waals surface area contributed by atoms with Gasteiger partial charge in [0.15, 0.2) is 0 Å². The summed E-state index contributed by atoms with van der Waals surface area (Å²) in [5.41, 5.74) is 3.21. The second-order valence-corrected chi connectivity index (χ2v) is 6.88. The van der Waals surface area contributed by atoms with Crippen molar-refractivity contribution in [2.75, 3.05) is 11.4 Å². The molecule has 1 aliphatic heterocycles. The maximum Gasteiger partial charge on any atom is 0.231 e. The molecule has 1 fully saturated rings. The number of pyridine rings is 2. The van der Waals surface area contributed by atoms with Crippen LogP contribution in [0.5, 0.6) is 0 Å². The molecular formula is C21H18ClN3O. The maximum absolute atomic E-state index is 12.8. The molecule has 4 nitrogen and oxygen atoms in total. The number of benzene rings is 1. The number of carbonyl (C=O) groups excluding carboxylic acids is 1. The lowest BCUT2D eigenvalue weighted by atomic mass is 9.98. The average Bonchev–Trinajstić information content (AvgIpc) is 3.05. The Kier molecular flexibility index (Phi) is 4.67. The molecule has 0 bridgehead atoms. The summed E-state index contributed by atoms with van der Waals surface area (Å²) >= 11 is 5.93. The monoisotopic (exact) mass is 363 g/mol. The van der Waals surface area contributed by atoms with Gasteiger partial charge in [0.05, 0.1) is 0 Å². The molecule has 0 N–H and O–H groups in total. The predicted octanol–water partition coefficient (Wildman–Crippen LogP) is 4.39. The van der Waals surface area contributed by atoms with E-state index >= 15 is 0 Å². The molecule has 1 aromatic carbocycles. The van der Waals surface area contributed by atoms with Crippen LogP contribution in [0.25, 0.3) is 11.1 Å². The summed E-state index contributed by atoms with van der Waals surface area (Å²) in [6.45, 7) is 0.707. The van der Waals surface area contributed by atoms with Crippen LogP contribution in [-0.4, -0.2) is 22.4 Å². The van der Waals surface area contributed by atoms with Crippen molar-refractivity contribution in [1.82, 2.24) is 9.97 Å². The van der Waals surface area contributed by atoms with E-state index in [1.807, 2.05) is 54.7 Å². The third kappa shape index (κ3) is 3.46. The van der Waals surface area contributed by atoms with E-state index in [1.54, 1.807) is 17.3 Å². The van der Waals surface area contributed by atoms with Crippen molar-refractivity contribution in [3.05, 3.63) is 77.7 Å². The SMILES string of the molecule is O=C1C(Cc2ccc(Cl)cc2)CCN1c1ccc(-c2ccncc2)cn1. The molecule has 1 atom stereocenters. The predicted molar refractivity (Wildman–Crippen MR) is 103 cm³/mol. The number of hydrogen-bond acceptors (Lipinski definition) is 3. The molecule has 130 valence electrons. The van der Waals surface area contributed by atoms with Crippen LogP contribution in [0.4, 0.5) is 5.82 Å². The summed E-state index contributed by atoms with van der Waals surface area (Å²) in [7, 11) is 0. The highest BCUT2D eigenvalue weighted by Gasteiger charge is 2.33. The Morgan fingerprint density at radius 1 is 1.00 bits per heavy atom. The number of amides is 1. The van der Waals surface area contributed by atoms with Gasteiger partial charge in [0.25, 0.3) is 0 Å². The third-order valence-corrected chi connectivity index (χ3v) is 5.00. The zero-order valence-corrected chi connectivity index (χ0v) is 14.9. The van der Waals surface area contributed by atoms with Crippen molar-refractivity contribution in [1.29, 1.82) is 0 Å². The Bertz CT molecular complexity index is 895. The Balaban J connectivity index is 1.47. The van der Waals surface area contributed by atoms with Gasteiger partial charge in [-0.3, -0.25) is 14.7 Å². The third-order valence-electron chi connectivity index (χ3n) is 4.75. The summed E-state index contributed by atoms with van der Waals surface area (Å²) in [6.07, 6.45) is 6.91. The van der Waals surface area contributed by atoms with Gasteiger partial charge in [0.2, 0.25) is 5.91 Å². The van der Waals surface area contributed by atoms with Crippen LogP contribution >= 0.6 is 11.6 Å². The van der Waals surface area contributed by atoms with E-state index in [4.69, 9.17) is 11.6 Å². The summed E-state index contributed by atoms with van der Waals surface area (Å²) in [5, 5.41) is 0.714. The van der Waals surface area contributed by atoms with E-state index < -0.39 is 0 Å². The molecule has 4 rings (SSSR count). The smallest absolute Gasteiger partial charge is 0.231 e. The van der Waals surface area contributed by atoms with E-state index in [2.05, 4.69) is 9.97 Å². The summed E-state index contributed by atoms with van der Waals surface area (Å²) in [5.74, 6) is 0.855. The van der Waals surface area contributed by atoms with Crippen molar-refractivity contribution in [2.45, 2.75) is 12.8 Å². The standard InChI is InChI=1S/C21H18ClN3O/c22-19-4-1-15(2-5-19)13-17-9-12-25(21(17)26)20-6-3-18(14-24-20)16-7-10-23-11-8-16/h1-8,10-11,14,17H,9,12-13H2. The lowest BCUT2D eigenvalue weighted by molar-refractivity contribution is -0.120. The van der Waals surface area contributed by atoms with Crippen LogP contribution in [-0.2, 0) is 11.2 Å². The molecule has 3 heterocycles. The number of nitrogens with zero attached hydrogens (tertiary/aromatic N) is 3. The first kappa shape index (κ1) is 16.7. The summed E-state index contributed by atoms with van der Waals surface area (Å²) in [4.78, 5) is 23.1. The van der Waals surface area contributed by atoms with E-state index in [1.165, 1.54) is 0 Å². The zero-order chi connectivity index (χ0) is 17.9. The molecule has 0 saturated carbocycles. The van der Waals surface area contributed by atoms with Crippen molar-refractivity contribution in [2.24, 2.45) is 5.92 Å². The molecule has 1 aliphatic rings. The molecule has 1 saturated heterocycles.